The molecule has 1 aliphatic rings. The predicted octanol–water partition coefficient (Wildman–Crippen LogP) is 4.10. The third kappa shape index (κ3) is 4.91. The molecule has 20 heavy (non-hydrogen) atoms. The van der Waals surface area contributed by atoms with E-state index in [1.165, 1.54) is 12.2 Å². The molecule has 0 saturated heterocycles. The fourth-order valence-corrected chi connectivity index (χ4v) is 1.52. The molecule has 0 radical (unpaired) electrons. The second-order valence-electron chi connectivity index (χ2n) is 4.69. The highest BCUT2D eigenvalue weighted by molar-refractivity contribution is 5.77. The van der Waals surface area contributed by atoms with E-state index in [9.17, 15) is 14.6 Å². The van der Waals surface area contributed by atoms with E-state index in [-0.39, 0.29) is 29.9 Å². The summed E-state index contributed by atoms with van der Waals surface area (Å²) in [6.07, 6.45) is 5.90. The second kappa shape index (κ2) is 7.53. The van der Waals surface area contributed by atoms with Crippen LogP contribution in [0.3, 0.4) is 0 Å². The number of ether oxygens (including phenoxy) is 1. The number of aliphatic hydroxyl groups is 2. The topological polar surface area (TPSA) is 62.0 Å². The Balaban J connectivity index is 2.58. The Labute approximate surface area is 118 Å². The third-order valence-corrected chi connectivity index (χ3v) is 2.78. The van der Waals surface area contributed by atoms with E-state index in [4.69, 9.17) is 4.74 Å². The fraction of sp³-hybridized carbons (Fsp3) is 0.400. The van der Waals surface area contributed by atoms with Crippen LogP contribution in [0.5, 0.6) is 0 Å². The number of nitrogens with zero attached hydrogens (tertiary/aromatic N) is 1. The first-order valence-corrected chi connectivity index (χ1v) is 6.38. The number of allylic oxidation sites excluding steroid dienone is 6. The zero-order valence-corrected chi connectivity index (χ0v) is 11.9. The van der Waals surface area contributed by atoms with Gasteiger partial charge in [0.2, 0.25) is 5.88 Å². The van der Waals surface area contributed by atoms with E-state index >= 15 is 0 Å². The molecule has 0 bridgehead atoms. The number of aliphatic imine (C=N–C) groups is 1. The summed E-state index contributed by atoms with van der Waals surface area (Å²) in [4.78, 5) is 3.89. The largest absolute Gasteiger partial charge is 0.512 e. The summed E-state index contributed by atoms with van der Waals surface area (Å²) >= 11 is 0. The molecule has 0 spiro atoms. The van der Waals surface area contributed by atoms with Gasteiger partial charge in [0.25, 0.3) is 0 Å². The standard InChI is InChI=1S/C15H20FNO3/c1-4-15(17-8-13(16)10(2)3)20-9-11-7-12(18)5-6-14(11)19/h4-6,8,11,18-19H,7,9H2,1-3H3/b15-4-,17-8-. The Morgan fingerprint density at radius 1 is 1.45 bits per heavy atom. The van der Waals surface area contributed by atoms with E-state index in [1.54, 1.807) is 26.8 Å². The molecule has 0 aliphatic heterocycles. The van der Waals surface area contributed by atoms with Gasteiger partial charge in [-0.3, -0.25) is 0 Å². The molecule has 1 aliphatic carbocycles. The van der Waals surface area contributed by atoms with Crippen LogP contribution in [0.4, 0.5) is 4.39 Å². The molecule has 0 saturated carbocycles. The lowest BCUT2D eigenvalue weighted by Crippen LogP contribution is -2.15. The summed E-state index contributed by atoms with van der Waals surface area (Å²) < 4.78 is 18.7. The van der Waals surface area contributed by atoms with Gasteiger partial charge < -0.3 is 14.9 Å². The van der Waals surface area contributed by atoms with Crippen LogP contribution < -0.4 is 0 Å². The van der Waals surface area contributed by atoms with Gasteiger partial charge in [0.05, 0.1) is 23.7 Å². The normalized spacial score (nSPS) is 19.6. The van der Waals surface area contributed by atoms with Gasteiger partial charge in [0, 0.05) is 6.42 Å². The minimum Gasteiger partial charge on any atom is -0.512 e. The van der Waals surface area contributed by atoms with Crippen molar-refractivity contribution in [3.63, 3.8) is 0 Å². The van der Waals surface area contributed by atoms with Crippen LogP contribution in [0.25, 0.3) is 0 Å². The number of hydrogen-bond acceptors (Lipinski definition) is 4. The maximum Gasteiger partial charge on any atom is 0.208 e. The molecule has 5 heteroatoms. The molecule has 0 aromatic carbocycles. The predicted molar refractivity (Wildman–Crippen MR) is 77.2 cm³/mol. The SMILES string of the molecule is C/C=C(/N=C\C(F)=C(C)C)OCC1CC(O)=CC=C1O. The first kappa shape index (κ1) is 16.0. The Bertz CT molecular complexity index is 497. The van der Waals surface area contributed by atoms with Crippen molar-refractivity contribution in [1.29, 1.82) is 0 Å². The van der Waals surface area contributed by atoms with Crippen molar-refractivity contribution in [3.05, 3.63) is 47.0 Å². The fourth-order valence-electron chi connectivity index (χ4n) is 1.52. The Hall–Kier alpha value is -2.04. The van der Waals surface area contributed by atoms with Crippen molar-refractivity contribution in [2.24, 2.45) is 10.9 Å². The second-order valence-corrected chi connectivity index (χ2v) is 4.69. The zero-order chi connectivity index (χ0) is 15.1. The molecule has 2 N–H and O–H groups in total. The van der Waals surface area contributed by atoms with Gasteiger partial charge in [-0.1, -0.05) is 0 Å². The molecule has 110 valence electrons. The summed E-state index contributed by atoms with van der Waals surface area (Å²) in [5, 5.41) is 19.1. The lowest BCUT2D eigenvalue weighted by molar-refractivity contribution is 0.143. The van der Waals surface area contributed by atoms with Gasteiger partial charge in [-0.25, -0.2) is 9.38 Å². The maximum atomic E-state index is 13.3. The number of aliphatic hydroxyl groups excluding tert-OH is 2. The van der Waals surface area contributed by atoms with E-state index in [0.717, 1.165) is 6.21 Å². The smallest absolute Gasteiger partial charge is 0.208 e. The average molecular weight is 281 g/mol. The molecule has 4 nitrogen and oxygen atoms in total. The highest BCUT2D eigenvalue weighted by Gasteiger charge is 2.19. The molecule has 1 rings (SSSR count). The first-order valence-electron chi connectivity index (χ1n) is 6.38. The highest BCUT2D eigenvalue weighted by Crippen LogP contribution is 2.23. The highest BCUT2D eigenvalue weighted by atomic mass is 19.1. The molecule has 0 fully saturated rings. The van der Waals surface area contributed by atoms with E-state index in [0.29, 0.717) is 12.0 Å². The van der Waals surface area contributed by atoms with E-state index in [1.807, 2.05) is 0 Å². The molecular weight excluding hydrogens is 261 g/mol. The van der Waals surface area contributed by atoms with Crippen LogP contribution in [0.15, 0.2) is 52.0 Å². The lowest BCUT2D eigenvalue weighted by atomic mass is 9.98. The van der Waals surface area contributed by atoms with Gasteiger partial charge >= 0.3 is 0 Å². The summed E-state index contributed by atoms with van der Waals surface area (Å²) in [5.74, 6) is -0.120. The lowest BCUT2D eigenvalue weighted by Gasteiger charge is -2.19. The molecule has 0 aromatic heterocycles. The third-order valence-electron chi connectivity index (χ3n) is 2.78. The van der Waals surface area contributed by atoms with Gasteiger partial charge in [0.15, 0.2) is 0 Å². The Morgan fingerprint density at radius 3 is 2.75 bits per heavy atom. The molecule has 0 aromatic rings. The molecule has 0 heterocycles. The van der Waals surface area contributed by atoms with Crippen LogP contribution in [-0.2, 0) is 4.74 Å². The Morgan fingerprint density at radius 2 is 2.15 bits per heavy atom. The van der Waals surface area contributed by atoms with Crippen molar-refractivity contribution in [3.8, 4) is 0 Å². The van der Waals surface area contributed by atoms with E-state index < -0.39 is 5.83 Å². The number of halogens is 1. The van der Waals surface area contributed by atoms with Crippen molar-refractivity contribution in [2.45, 2.75) is 27.2 Å². The van der Waals surface area contributed by atoms with Crippen LogP contribution in [0.1, 0.15) is 27.2 Å². The number of rotatable bonds is 5. The number of hydrogen-bond donors (Lipinski definition) is 2. The van der Waals surface area contributed by atoms with Gasteiger partial charge in [-0.05, 0) is 44.6 Å². The minimum absolute atomic E-state index is 0.151. The van der Waals surface area contributed by atoms with Gasteiger partial charge in [0.1, 0.15) is 12.4 Å². The average Bonchev–Trinajstić information content (AvgIpc) is 2.42. The van der Waals surface area contributed by atoms with Gasteiger partial charge in [-0.15, -0.1) is 0 Å². The van der Waals surface area contributed by atoms with Gasteiger partial charge in [-0.2, -0.15) is 0 Å². The molecule has 1 atom stereocenters. The van der Waals surface area contributed by atoms with Crippen molar-refractivity contribution in [1.82, 2.24) is 0 Å². The van der Waals surface area contributed by atoms with Crippen molar-refractivity contribution >= 4 is 6.21 Å². The first-order chi connectivity index (χ1) is 9.43. The van der Waals surface area contributed by atoms with Crippen LogP contribution in [0.2, 0.25) is 0 Å². The minimum atomic E-state index is -0.408. The summed E-state index contributed by atoms with van der Waals surface area (Å²) in [5.41, 5.74) is 0.534. The Kier molecular flexibility index (Phi) is 6.03. The summed E-state index contributed by atoms with van der Waals surface area (Å²) in [7, 11) is 0. The summed E-state index contributed by atoms with van der Waals surface area (Å²) in [6, 6.07) is 0. The van der Waals surface area contributed by atoms with Crippen LogP contribution >= 0.6 is 0 Å². The van der Waals surface area contributed by atoms with Crippen molar-refractivity contribution in [2.75, 3.05) is 6.61 Å². The maximum absolute atomic E-state index is 13.3. The zero-order valence-electron chi connectivity index (χ0n) is 11.9. The molecule has 0 amide bonds. The van der Waals surface area contributed by atoms with Crippen LogP contribution in [0, 0.1) is 5.92 Å². The van der Waals surface area contributed by atoms with Crippen LogP contribution in [-0.4, -0.2) is 23.0 Å². The monoisotopic (exact) mass is 281 g/mol. The summed E-state index contributed by atoms with van der Waals surface area (Å²) in [6.45, 7) is 5.18. The molecule has 1 unspecified atom stereocenters. The molecular formula is C15H20FNO3. The van der Waals surface area contributed by atoms with Crippen molar-refractivity contribution < 1.29 is 19.3 Å². The van der Waals surface area contributed by atoms with E-state index in [2.05, 4.69) is 4.99 Å². The quantitative estimate of drug-likeness (QED) is 0.589.